The number of nitrogens with zero attached hydrogens (tertiary/aromatic N) is 2. The largest absolute Gasteiger partial charge is 0.573 e. The van der Waals surface area contributed by atoms with Crippen molar-refractivity contribution in [3.8, 4) is 11.6 Å². The number of halogens is 3. The van der Waals surface area contributed by atoms with Crippen molar-refractivity contribution in [3.63, 3.8) is 0 Å². The van der Waals surface area contributed by atoms with Crippen molar-refractivity contribution in [2.45, 2.75) is 26.4 Å². The molecule has 160 valence electrons. The Kier molecular flexibility index (Phi) is 6.42. The van der Waals surface area contributed by atoms with Crippen molar-refractivity contribution in [2.75, 3.05) is 14.2 Å². The van der Waals surface area contributed by atoms with E-state index in [1.807, 2.05) is 0 Å². The van der Waals surface area contributed by atoms with Crippen LogP contribution in [0.1, 0.15) is 26.6 Å². The van der Waals surface area contributed by atoms with Gasteiger partial charge < -0.3 is 19.5 Å². The molecule has 3 aromatic rings. The summed E-state index contributed by atoms with van der Waals surface area (Å²) in [5, 5.41) is 3.24. The summed E-state index contributed by atoms with van der Waals surface area (Å²) in [6.07, 6.45) is -4.82. The molecule has 0 saturated heterocycles. The molecular formula is C19H18F3N3O4S. The molecule has 0 bridgehead atoms. The van der Waals surface area contributed by atoms with Gasteiger partial charge in [0.1, 0.15) is 17.2 Å². The van der Waals surface area contributed by atoms with E-state index < -0.39 is 12.3 Å². The first-order valence-corrected chi connectivity index (χ1v) is 9.50. The average Bonchev–Trinajstić information content (AvgIpc) is 3.02. The van der Waals surface area contributed by atoms with Crippen LogP contribution in [0.2, 0.25) is 0 Å². The van der Waals surface area contributed by atoms with E-state index in [0.717, 1.165) is 11.3 Å². The first kappa shape index (κ1) is 21.8. The van der Waals surface area contributed by atoms with Crippen LogP contribution in [-0.2, 0) is 17.9 Å². The van der Waals surface area contributed by atoms with Crippen molar-refractivity contribution in [1.29, 1.82) is 0 Å². The van der Waals surface area contributed by atoms with Crippen molar-refractivity contribution in [1.82, 2.24) is 15.3 Å². The summed E-state index contributed by atoms with van der Waals surface area (Å²) in [5.41, 5.74) is 0.815. The summed E-state index contributed by atoms with van der Waals surface area (Å²) in [7, 11) is 2.98. The van der Waals surface area contributed by atoms with Gasteiger partial charge >= 0.3 is 6.36 Å². The molecule has 1 N–H and O–H groups in total. The standard InChI is InChI=1S/C19H18F3N3O4S/c1-10-14-17(28-3)24-13(9-27-2)25-18(14)30-15(10)16(26)23-8-11-6-4-5-7-12(11)29-19(20,21)22/h4-7H,8-9H2,1-3H3,(H,23,26). The number of aryl methyl sites for hydroxylation is 1. The van der Waals surface area contributed by atoms with E-state index in [4.69, 9.17) is 9.47 Å². The molecule has 0 aliphatic carbocycles. The van der Waals surface area contributed by atoms with Gasteiger partial charge in [-0.3, -0.25) is 4.79 Å². The highest BCUT2D eigenvalue weighted by atomic mass is 32.1. The van der Waals surface area contributed by atoms with E-state index in [9.17, 15) is 18.0 Å². The van der Waals surface area contributed by atoms with Crippen LogP contribution in [0.4, 0.5) is 13.2 Å². The molecule has 0 aliphatic heterocycles. The highest BCUT2D eigenvalue weighted by Crippen LogP contribution is 2.35. The zero-order chi connectivity index (χ0) is 21.9. The van der Waals surface area contributed by atoms with Gasteiger partial charge in [0.2, 0.25) is 5.88 Å². The average molecular weight is 441 g/mol. The Morgan fingerprint density at radius 3 is 2.60 bits per heavy atom. The third kappa shape index (κ3) is 4.79. The second-order valence-corrected chi connectivity index (χ2v) is 7.16. The van der Waals surface area contributed by atoms with E-state index in [0.29, 0.717) is 32.4 Å². The number of thiophene rings is 1. The Morgan fingerprint density at radius 2 is 1.93 bits per heavy atom. The van der Waals surface area contributed by atoms with Gasteiger partial charge in [-0.05, 0) is 18.6 Å². The van der Waals surface area contributed by atoms with E-state index >= 15 is 0 Å². The summed E-state index contributed by atoms with van der Waals surface area (Å²) in [6, 6.07) is 5.63. The number of alkyl halides is 3. The van der Waals surface area contributed by atoms with Crippen molar-refractivity contribution in [2.24, 2.45) is 0 Å². The van der Waals surface area contributed by atoms with Crippen LogP contribution in [0.3, 0.4) is 0 Å². The Hall–Kier alpha value is -2.92. The number of carbonyl (C=O) groups is 1. The van der Waals surface area contributed by atoms with E-state index in [1.54, 1.807) is 13.0 Å². The number of rotatable bonds is 7. The van der Waals surface area contributed by atoms with Gasteiger partial charge in [0.05, 0.1) is 17.4 Å². The molecule has 0 fully saturated rings. The van der Waals surface area contributed by atoms with Crippen LogP contribution >= 0.6 is 11.3 Å². The van der Waals surface area contributed by atoms with Crippen LogP contribution in [0.25, 0.3) is 10.2 Å². The van der Waals surface area contributed by atoms with Crippen LogP contribution in [0, 0.1) is 6.92 Å². The predicted octanol–water partition coefficient (Wildman–Crippen LogP) is 3.98. The lowest BCUT2D eigenvalue weighted by Crippen LogP contribution is -2.24. The van der Waals surface area contributed by atoms with Crippen LogP contribution < -0.4 is 14.8 Å². The SMILES string of the molecule is COCc1nc(OC)c2c(C)c(C(=O)NCc3ccccc3OC(F)(F)F)sc2n1. The molecule has 0 unspecified atom stereocenters. The Balaban J connectivity index is 1.85. The summed E-state index contributed by atoms with van der Waals surface area (Å²) in [6.45, 7) is 1.77. The van der Waals surface area contributed by atoms with Gasteiger partial charge in [-0.25, -0.2) is 4.98 Å². The third-order valence-corrected chi connectivity index (χ3v) is 5.30. The van der Waals surface area contributed by atoms with Crippen molar-refractivity contribution >= 4 is 27.5 Å². The minimum atomic E-state index is -4.82. The summed E-state index contributed by atoms with van der Waals surface area (Å²) in [5.74, 6) is -0.0835. The Morgan fingerprint density at radius 1 is 1.20 bits per heavy atom. The van der Waals surface area contributed by atoms with E-state index in [-0.39, 0.29) is 24.5 Å². The topological polar surface area (TPSA) is 82.6 Å². The van der Waals surface area contributed by atoms with E-state index in [1.165, 1.54) is 32.4 Å². The van der Waals surface area contributed by atoms with E-state index in [2.05, 4.69) is 20.0 Å². The molecule has 1 aromatic carbocycles. The van der Waals surface area contributed by atoms with Crippen LogP contribution in [0.15, 0.2) is 24.3 Å². The fourth-order valence-electron chi connectivity index (χ4n) is 2.83. The fraction of sp³-hybridized carbons (Fsp3) is 0.316. The maximum absolute atomic E-state index is 12.7. The van der Waals surface area contributed by atoms with Crippen molar-refractivity contribution < 1.29 is 32.2 Å². The first-order chi connectivity index (χ1) is 14.2. The maximum Gasteiger partial charge on any atom is 0.573 e. The number of methoxy groups -OCH3 is 2. The number of aromatic nitrogens is 2. The summed E-state index contributed by atoms with van der Waals surface area (Å²) >= 11 is 1.14. The molecule has 7 nitrogen and oxygen atoms in total. The van der Waals surface area contributed by atoms with Gasteiger partial charge in [-0.15, -0.1) is 24.5 Å². The molecule has 1 amide bonds. The monoisotopic (exact) mass is 441 g/mol. The maximum atomic E-state index is 12.7. The van der Waals surface area contributed by atoms with Crippen LogP contribution in [0.5, 0.6) is 11.6 Å². The number of hydrogen-bond donors (Lipinski definition) is 1. The highest BCUT2D eigenvalue weighted by Gasteiger charge is 2.32. The number of para-hydroxylation sites is 1. The second-order valence-electron chi connectivity index (χ2n) is 6.16. The molecule has 0 saturated carbocycles. The summed E-state index contributed by atoms with van der Waals surface area (Å²) in [4.78, 5) is 22.3. The van der Waals surface area contributed by atoms with Gasteiger partial charge in [0, 0.05) is 19.2 Å². The normalized spacial score (nSPS) is 11.5. The molecule has 0 atom stereocenters. The quantitative estimate of drug-likeness (QED) is 0.597. The lowest BCUT2D eigenvalue weighted by atomic mass is 10.2. The van der Waals surface area contributed by atoms with Crippen LogP contribution in [-0.4, -0.2) is 36.5 Å². The number of ether oxygens (including phenoxy) is 3. The zero-order valence-electron chi connectivity index (χ0n) is 16.3. The minimum absolute atomic E-state index is 0.142. The molecule has 11 heteroatoms. The first-order valence-electron chi connectivity index (χ1n) is 8.68. The molecular weight excluding hydrogens is 423 g/mol. The number of benzene rings is 1. The Labute approximate surface area is 173 Å². The van der Waals surface area contributed by atoms with Gasteiger partial charge in [0.25, 0.3) is 5.91 Å². The molecule has 0 spiro atoms. The molecule has 0 radical (unpaired) electrons. The smallest absolute Gasteiger partial charge is 0.480 e. The Bertz CT molecular complexity index is 1070. The molecule has 3 rings (SSSR count). The van der Waals surface area contributed by atoms with Gasteiger partial charge in [-0.2, -0.15) is 4.98 Å². The van der Waals surface area contributed by atoms with Gasteiger partial charge in [-0.1, -0.05) is 18.2 Å². The molecule has 2 heterocycles. The highest BCUT2D eigenvalue weighted by molar-refractivity contribution is 7.20. The second kappa shape index (κ2) is 8.84. The number of amides is 1. The minimum Gasteiger partial charge on any atom is -0.480 e. The molecule has 30 heavy (non-hydrogen) atoms. The number of fused-ring (bicyclic) bond motifs is 1. The number of nitrogens with one attached hydrogen (secondary N) is 1. The number of carbonyl (C=O) groups excluding carboxylic acids is 1. The van der Waals surface area contributed by atoms with Crippen molar-refractivity contribution in [3.05, 3.63) is 46.1 Å². The predicted molar refractivity (Wildman–Crippen MR) is 104 cm³/mol. The lowest BCUT2D eigenvalue weighted by molar-refractivity contribution is -0.274. The molecule has 2 aromatic heterocycles. The lowest BCUT2D eigenvalue weighted by Gasteiger charge is -2.13. The fourth-order valence-corrected chi connectivity index (χ4v) is 3.94. The third-order valence-electron chi connectivity index (χ3n) is 4.11. The summed E-state index contributed by atoms with van der Waals surface area (Å²) < 4.78 is 52.1. The van der Waals surface area contributed by atoms with Gasteiger partial charge in [0.15, 0.2) is 5.82 Å². The molecule has 0 aliphatic rings. The number of hydrogen-bond acceptors (Lipinski definition) is 7. The zero-order valence-corrected chi connectivity index (χ0v) is 17.1.